The average molecular weight is 467 g/mol. The molecule has 0 unspecified atom stereocenters. The lowest BCUT2D eigenvalue weighted by atomic mass is 10.0. The standard InChI is InChI=1S/C26H19ClN6O/c1-16-3-5-20(8-19(16)6-4-18-7-21-13-30-32-25(21)28-12-18)26(34)31-23-9-22(27)10-24(11-23)33-14-17(2)29-15-33/h3,5,7-15H,1-2H3,(H,31,34)(H,28,30,32). The molecule has 1 amide bonds. The van der Waals surface area contributed by atoms with Gasteiger partial charge in [-0.3, -0.25) is 9.89 Å². The van der Waals surface area contributed by atoms with Crippen molar-refractivity contribution in [3.63, 3.8) is 0 Å². The number of pyridine rings is 1. The van der Waals surface area contributed by atoms with Gasteiger partial charge in [0.15, 0.2) is 5.65 Å². The molecule has 0 bridgehead atoms. The molecule has 0 saturated heterocycles. The Hall–Kier alpha value is -4.41. The number of carbonyl (C=O) groups is 1. The molecule has 0 spiro atoms. The molecule has 2 N–H and O–H groups in total. The van der Waals surface area contributed by atoms with Crippen LogP contribution in [-0.2, 0) is 0 Å². The number of rotatable bonds is 3. The smallest absolute Gasteiger partial charge is 0.255 e. The maximum absolute atomic E-state index is 13.0. The van der Waals surface area contributed by atoms with E-state index in [0.717, 1.165) is 33.5 Å². The fourth-order valence-corrected chi connectivity index (χ4v) is 3.73. The summed E-state index contributed by atoms with van der Waals surface area (Å²) in [7, 11) is 0. The van der Waals surface area contributed by atoms with Crippen LogP contribution in [0.1, 0.15) is 32.7 Å². The lowest BCUT2D eigenvalue weighted by molar-refractivity contribution is 0.102. The van der Waals surface area contributed by atoms with E-state index in [1.165, 1.54) is 0 Å². The van der Waals surface area contributed by atoms with Crippen molar-refractivity contribution in [2.45, 2.75) is 13.8 Å². The van der Waals surface area contributed by atoms with Crippen molar-refractivity contribution in [2.75, 3.05) is 5.32 Å². The molecule has 0 saturated carbocycles. The Balaban J connectivity index is 1.39. The summed E-state index contributed by atoms with van der Waals surface area (Å²) in [4.78, 5) is 21.5. The summed E-state index contributed by atoms with van der Waals surface area (Å²) in [5.74, 6) is 6.03. The van der Waals surface area contributed by atoms with Crippen molar-refractivity contribution >= 4 is 34.2 Å². The van der Waals surface area contributed by atoms with Crippen LogP contribution in [0, 0.1) is 25.7 Å². The monoisotopic (exact) mass is 466 g/mol. The first-order valence-corrected chi connectivity index (χ1v) is 10.9. The van der Waals surface area contributed by atoms with E-state index >= 15 is 0 Å². The van der Waals surface area contributed by atoms with E-state index in [4.69, 9.17) is 11.6 Å². The highest BCUT2D eigenvalue weighted by molar-refractivity contribution is 6.31. The number of hydrogen-bond acceptors (Lipinski definition) is 4. The number of H-pyrrole nitrogens is 1. The van der Waals surface area contributed by atoms with Gasteiger partial charge in [0.2, 0.25) is 0 Å². The van der Waals surface area contributed by atoms with Gasteiger partial charge >= 0.3 is 0 Å². The topological polar surface area (TPSA) is 88.5 Å². The van der Waals surface area contributed by atoms with E-state index in [-0.39, 0.29) is 5.91 Å². The number of imidazole rings is 1. The summed E-state index contributed by atoms with van der Waals surface area (Å²) in [6.07, 6.45) is 7.00. The van der Waals surface area contributed by atoms with E-state index in [0.29, 0.717) is 21.9 Å². The Morgan fingerprint density at radius 3 is 2.76 bits per heavy atom. The Labute approximate surface area is 200 Å². The quantitative estimate of drug-likeness (QED) is 0.363. The van der Waals surface area contributed by atoms with Crippen molar-refractivity contribution in [3.8, 4) is 17.5 Å². The number of benzene rings is 2. The fraction of sp³-hybridized carbons (Fsp3) is 0.0769. The second kappa shape index (κ2) is 8.85. The fourth-order valence-electron chi connectivity index (χ4n) is 3.50. The van der Waals surface area contributed by atoms with E-state index in [1.54, 1.807) is 36.9 Å². The molecule has 3 heterocycles. The molecule has 2 aromatic carbocycles. The molecular formula is C26H19ClN6O. The van der Waals surface area contributed by atoms with E-state index in [1.807, 2.05) is 48.9 Å². The Bertz CT molecular complexity index is 1600. The molecule has 7 nitrogen and oxygen atoms in total. The number of aromatic nitrogens is 5. The Morgan fingerprint density at radius 2 is 1.94 bits per heavy atom. The molecule has 8 heteroatoms. The number of halogens is 1. The summed E-state index contributed by atoms with van der Waals surface area (Å²) in [6.45, 7) is 3.87. The van der Waals surface area contributed by atoms with E-state index < -0.39 is 0 Å². The zero-order valence-electron chi connectivity index (χ0n) is 18.4. The molecule has 0 atom stereocenters. The summed E-state index contributed by atoms with van der Waals surface area (Å²) in [5.41, 5.74) is 6.01. The maximum atomic E-state index is 13.0. The van der Waals surface area contributed by atoms with E-state index in [2.05, 4.69) is 37.3 Å². The number of amides is 1. The molecule has 34 heavy (non-hydrogen) atoms. The third-order valence-corrected chi connectivity index (χ3v) is 5.50. The van der Waals surface area contributed by atoms with Crippen LogP contribution in [-0.4, -0.2) is 30.6 Å². The zero-order chi connectivity index (χ0) is 23.7. The van der Waals surface area contributed by atoms with Gasteiger partial charge in [-0.05, 0) is 55.8 Å². The molecule has 5 rings (SSSR count). The molecule has 0 aliphatic rings. The molecule has 5 aromatic rings. The van der Waals surface area contributed by atoms with Crippen molar-refractivity contribution in [2.24, 2.45) is 0 Å². The van der Waals surface area contributed by atoms with E-state index in [9.17, 15) is 4.79 Å². The van der Waals surface area contributed by atoms with Gasteiger partial charge in [0.05, 0.1) is 23.9 Å². The minimum atomic E-state index is -0.250. The zero-order valence-corrected chi connectivity index (χ0v) is 19.2. The SMILES string of the molecule is Cc1cn(-c2cc(Cl)cc(NC(=O)c3ccc(C)c(C#Cc4cnc5[nH]ncc5c4)c3)c2)cn1. The number of nitrogens with one attached hydrogen (secondary N) is 2. The minimum absolute atomic E-state index is 0.250. The first-order chi connectivity index (χ1) is 16.4. The third kappa shape index (κ3) is 4.53. The van der Waals surface area contributed by atoms with Crippen LogP contribution in [0.25, 0.3) is 16.7 Å². The van der Waals surface area contributed by atoms with Crippen LogP contribution >= 0.6 is 11.6 Å². The highest BCUT2D eigenvalue weighted by Gasteiger charge is 2.10. The lowest BCUT2D eigenvalue weighted by Crippen LogP contribution is -2.12. The number of anilines is 1. The predicted octanol–water partition coefficient (Wildman–Crippen LogP) is 5.07. The van der Waals surface area contributed by atoms with Crippen LogP contribution in [0.5, 0.6) is 0 Å². The van der Waals surface area contributed by atoms with Gasteiger partial charge < -0.3 is 9.88 Å². The van der Waals surface area contributed by atoms with Gasteiger partial charge in [-0.15, -0.1) is 0 Å². The molecule has 0 aliphatic carbocycles. The second-order valence-electron chi connectivity index (χ2n) is 7.89. The van der Waals surface area contributed by atoms with Crippen LogP contribution < -0.4 is 5.32 Å². The molecule has 0 radical (unpaired) electrons. The number of hydrogen-bond donors (Lipinski definition) is 2. The van der Waals surface area contributed by atoms with Crippen molar-refractivity contribution in [1.29, 1.82) is 0 Å². The van der Waals surface area contributed by atoms with Crippen LogP contribution in [0.4, 0.5) is 5.69 Å². The number of fused-ring (bicyclic) bond motifs is 1. The van der Waals surface area contributed by atoms with Gasteiger partial charge in [0, 0.05) is 45.2 Å². The summed E-state index contributed by atoms with van der Waals surface area (Å²) >= 11 is 6.30. The maximum Gasteiger partial charge on any atom is 0.255 e. The summed E-state index contributed by atoms with van der Waals surface area (Å²) < 4.78 is 1.85. The summed E-state index contributed by atoms with van der Waals surface area (Å²) in [5, 5.41) is 11.1. The number of aryl methyl sites for hydroxylation is 2. The number of aromatic amines is 1. The molecule has 0 fully saturated rings. The summed E-state index contributed by atoms with van der Waals surface area (Å²) in [6, 6.07) is 12.7. The van der Waals surface area contributed by atoms with Gasteiger partial charge in [0.25, 0.3) is 5.91 Å². The Kier molecular flexibility index (Phi) is 5.58. The molecule has 166 valence electrons. The first-order valence-electron chi connectivity index (χ1n) is 10.5. The van der Waals surface area contributed by atoms with Gasteiger partial charge in [-0.1, -0.05) is 29.5 Å². The largest absolute Gasteiger partial charge is 0.322 e. The predicted molar refractivity (Wildman–Crippen MR) is 132 cm³/mol. The number of nitrogens with zero attached hydrogens (tertiary/aromatic N) is 4. The average Bonchev–Trinajstić information content (AvgIpc) is 3.46. The Morgan fingerprint density at radius 1 is 1.06 bits per heavy atom. The van der Waals surface area contributed by atoms with Crippen LogP contribution in [0.15, 0.2) is 67.4 Å². The third-order valence-electron chi connectivity index (χ3n) is 5.28. The molecule has 0 aliphatic heterocycles. The molecular weight excluding hydrogens is 448 g/mol. The normalized spacial score (nSPS) is 10.7. The minimum Gasteiger partial charge on any atom is -0.322 e. The van der Waals surface area contributed by atoms with Crippen molar-refractivity contribution in [3.05, 3.63) is 100 Å². The second-order valence-corrected chi connectivity index (χ2v) is 8.32. The van der Waals surface area contributed by atoms with Crippen LogP contribution in [0.2, 0.25) is 5.02 Å². The van der Waals surface area contributed by atoms with Crippen molar-refractivity contribution in [1.82, 2.24) is 24.7 Å². The van der Waals surface area contributed by atoms with Crippen molar-refractivity contribution < 1.29 is 4.79 Å². The number of carbonyl (C=O) groups excluding carboxylic acids is 1. The van der Waals surface area contributed by atoms with Gasteiger partial charge in [-0.2, -0.15) is 5.10 Å². The lowest BCUT2D eigenvalue weighted by Gasteiger charge is -2.10. The highest BCUT2D eigenvalue weighted by Crippen LogP contribution is 2.23. The van der Waals surface area contributed by atoms with Crippen LogP contribution in [0.3, 0.4) is 0 Å². The highest BCUT2D eigenvalue weighted by atomic mass is 35.5. The van der Waals surface area contributed by atoms with Gasteiger partial charge in [-0.25, -0.2) is 9.97 Å². The van der Waals surface area contributed by atoms with Gasteiger partial charge in [0.1, 0.15) is 0 Å². The molecule has 3 aromatic heterocycles. The first kappa shape index (κ1) is 21.4.